The highest BCUT2D eigenvalue weighted by Gasteiger charge is 2.43. The van der Waals surface area contributed by atoms with Gasteiger partial charge >= 0.3 is 0 Å². The highest BCUT2D eigenvalue weighted by Crippen LogP contribution is 2.27. The summed E-state index contributed by atoms with van der Waals surface area (Å²) >= 11 is 0. The van der Waals surface area contributed by atoms with Crippen LogP contribution in [0.15, 0.2) is 43.0 Å². The summed E-state index contributed by atoms with van der Waals surface area (Å²) < 4.78 is 10.9. The number of epoxide rings is 1. The number of ether oxygens (including phenoxy) is 2. The number of hydrogen-bond donors (Lipinski definition) is 1. The number of hydrogen-bond acceptors (Lipinski definition) is 3. The number of aliphatic hydroxyl groups is 1. The molecule has 17 heavy (non-hydrogen) atoms. The van der Waals surface area contributed by atoms with Gasteiger partial charge in [0.15, 0.2) is 0 Å². The van der Waals surface area contributed by atoms with E-state index in [9.17, 15) is 5.11 Å². The van der Waals surface area contributed by atoms with E-state index >= 15 is 0 Å². The van der Waals surface area contributed by atoms with Crippen molar-refractivity contribution in [1.29, 1.82) is 0 Å². The molecule has 1 saturated heterocycles. The Bertz CT molecular complexity index is 350. The molecular formula is C14H18O3. The smallest absolute Gasteiger partial charge is 0.113 e. The summed E-state index contributed by atoms with van der Waals surface area (Å²) in [6.45, 7) is 4.71. The zero-order valence-electron chi connectivity index (χ0n) is 9.79. The minimum atomic E-state index is -0.446. The average Bonchev–Trinajstić information content (AvgIpc) is 3.10. The van der Waals surface area contributed by atoms with Crippen LogP contribution in [-0.2, 0) is 16.1 Å². The van der Waals surface area contributed by atoms with Crippen molar-refractivity contribution in [2.45, 2.75) is 31.3 Å². The molecule has 0 radical (unpaired) electrons. The molecule has 3 heteroatoms. The number of rotatable bonds is 7. The molecule has 1 N–H and O–H groups in total. The van der Waals surface area contributed by atoms with Crippen molar-refractivity contribution in [3.05, 3.63) is 48.6 Å². The van der Waals surface area contributed by atoms with E-state index in [2.05, 4.69) is 6.58 Å². The average molecular weight is 234 g/mol. The van der Waals surface area contributed by atoms with Gasteiger partial charge in [0, 0.05) is 0 Å². The molecule has 2 rings (SSSR count). The van der Waals surface area contributed by atoms with E-state index in [0.29, 0.717) is 19.6 Å². The van der Waals surface area contributed by atoms with Crippen LogP contribution in [0.5, 0.6) is 0 Å². The van der Waals surface area contributed by atoms with Crippen molar-refractivity contribution >= 4 is 0 Å². The lowest BCUT2D eigenvalue weighted by Crippen LogP contribution is -2.18. The Hall–Kier alpha value is -1.16. The molecule has 1 aromatic rings. The minimum absolute atomic E-state index is 0.0358. The second-order valence-corrected chi connectivity index (χ2v) is 4.23. The number of aliphatic hydroxyl groups excluding tert-OH is 1. The summed E-state index contributed by atoms with van der Waals surface area (Å²) in [7, 11) is 0. The van der Waals surface area contributed by atoms with Crippen LogP contribution in [0, 0.1) is 0 Å². The molecule has 0 unspecified atom stereocenters. The van der Waals surface area contributed by atoms with Gasteiger partial charge in [-0.2, -0.15) is 0 Å². The third-order valence-corrected chi connectivity index (χ3v) is 2.80. The van der Waals surface area contributed by atoms with Gasteiger partial charge in [-0.15, -0.1) is 6.58 Å². The fraction of sp³-hybridized carbons (Fsp3) is 0.429. The Labute approximate surface area is 102 Å². The molecule has 1 aromatic carbocycles. The van der Waals surface area contributed by atoms with Gasteiger partial charge in [-0.25, -0.2) is 0 Å². The van der Waals surface area contributed by atoms with Crippen molar-refractivity contribution in [3.8, 4) is 0 Å². The standard InChI is InChI=1S/C14H18O3/c1-2-6-12(15)14-13(17-14)10-16-9-11-7-4-3-5-8-11/h2-5,7-8,12-15H,1,6,9-10H2/t12-,13+,14-/m1/s1. The van der Waals surface area contributed by atoms with Gasteiger partial charge in [0.2, 0.25) is 0 Å². The molecular weight excluding hydrogens is 216 g/mol. The summed E-state index contributed by atoms with van der Waals surface area (Å²) in [5.74, 6) is 0. The molecule has 1 fully saturated rings. The molecule has 3 atom stereocenters. The molecule has 0 saturated carbocycles. The fourth-order valence-electron chi connectivity index (χ4n) is 1.80. The molecule has 1 aliphatic rings. The van der Waals surface area contributed by atoms with Gasteiger partial charge in [0.05, 0.1) is 19.3 Å². The van der Waals surface area contributed by atoms with Crippen molar-refractivity contribution < 1.29 is 14.6 Å². The Morgan fingerprint density at radius 1 is 1.41 bits per heavy atom. The van der Waals surface area contributed by atoms with Crippen LogP contribution in [0.3, 0.4) is 0 Å². The predicted molar refractivity (Wildman–Crippen MR) is 65.6 cm³/mol. The van der Waals surface area contributed by atoms with Gasteiger partial charge in [-0.1, -0.05) is 36.4 Å². The number of benzene rings is 1. The molecule has 0 aliphatic carbocycles. The van der Waals surface area contributed by atoms with Crippen molar-refractivity contribution in [2.24, 2.45) is 0 Å². The lowest BCUT2D eigenvalue weighted by atomic mass is 10.1. The fourth-order valence-corrected chi connectivity index (χ4v) is 1.80. The Kier molecular flexibility index (Phi) is 4.31. The van der Waals surface area contributed by atoms with E-state index in [4.69, 9.17) is 9.47 Å². The highest BCUT2D eigenvalue weighted by atomic mass is 16.6. The highest BCUT2D eigenvalue weighted by molar-refractivity contribution is 5.13. The molecule has 0 bridgehead atoms. The van der Waals surface area contributed by atoms with Gasteiger partial charge in [0.1, 0.15) is 12.2 Å². The monoisotopic (exact) mass is 234 g/mol. The summed E-state index contributed by atoms with van der Waals surface area (Å²) in [5.41, 5.74) is 1.15. The Balaban J connectivity index is 1.63. The maximum Gasteiger partial charge on any atom is 0.113 e. The minimum Gasteiger partial charge on any atom is -0.390 e. The first-order valence-electron chi connectivity index (χ1n) is 5.87. The Morgan fingerprint density at radius 3 is 2.88 bits per heavy atom. The van der Waals surface area contributed by atoms with Crippen LogP contribution in [-0.4, -0.2) is 30.0 Å². The third-order valence-electron chi connectivity index (χ3n) is 2.80. The topological polar surface area (TPSA) is 42.0 Å². The lowest BCUT2D eigenvalue weighted by Gasteiger charge is -2.04. The molecule has 0 amide bonds. The van der Waals surface area contributed by atoms with E-state index in [0.717, 1.165) is 5.56 Å². The van der Waals surface area contributed by atoms with E-state index < -0.39 is 6.10 Å². The molecule has 1 aliphatic heterocycles. The molecule has 0 spiro atoms. The molecule has 1 heterocycles. The molecule has 92 valence electrons. The van der Waals surface area contributed by atoms with Gasteiger partial charge in [-0.05, 0) is 12.0 Å². The van der Waals surface area contributed by atoms with Crippen molar-refractivity contribution in [1.82, 2.24) is 0 Å². The first kappa shape index (κ1) is 12.3. The zero-order chi connectivity index (χ0) is 12.1. The van der Waals surface area contributed by atoms with Gasteiger partial charge < -0.3 is 14.6 Å². The zero-order valence-corrected chi connectivity index (χ0v) is 9.79. The second kappa shape index (κ2) is 5.96. The van der Waals surface area contributed by atoms with E-state index in [-0.39, 0.29) is 12.2 Å². The largest absolute Gasteiger partial charge is 0.390 e. The summed E-state index contributed by atoms with van der Waals surface area (Å²) in [6, 6.07) is 10.0. The lowest BCUT2D eigenvalue weighted by molar-refractivity contribution is 0.104. The second-order valence-electron chi connectivity index (χ2n) is 4.23. The van der Waals surface area contributed by atoms with Crippen LogP contribution >= 0.6 is 0 Å². The Morgan fingerprint density at radius 2 is 2.18 bits per heavy atom. The molecule has 3 nitrogen and oxygen atoms in total. The van der Waals surface area contributed by atoms with Crippen LogP contribution in [0.4, 0.5) is 0 Å². The molecule has 0 aromatic heterocycles. The summed E-state index contributed by atoms with van der Waals surface area (Å²) in [5, 5.41) is 9.62. The normalized spacial score (nSPS) is 24.3. The van der Waals surface area contributed by atoms with Gasteiger partial charge in [-0.3, -0.25) is 0 Å². The van der Waals surface area contributed by atoms with Crippen LogP contribution in [0.25, 0.3) is 0 Å². The first-order valence-corrected chi connectivity index (χ1v) is 5.87. The van der Waals surface area contributed by atoms with Crippen LogP contribution < -0.4 is 0 Å². The summed E-state index contributed by atoms with van der Waals surface area (Å²) in [6.07, 6.45) is 1.78. The van der Waals surface area contributed by atoms with Crippen LogP contribution in [0.2, 0.25) is 0 Å². The van der Waals surface area contributed by atoms with Gasteiger partial charge in [0.25, 0.3) is 0 Å². The predicted octanol–water partition coefficient (Wildman–Crippen LogP) is 1.91. The first-order chi connectivity index (χ1) is 8.31. The maximum atomic E-state index is 9.62. The van der Waals surface area contributed by atoms with Crippen molar-refractivity contribution in [2.75, 3.05) is 6.61 Å². The van der Waals surface area contributed by atoms with Crippen LogP contribution in [0.1, 0.15) is 12.0 Å². The maximum absolute atomic E-state index is 9.62. The SMILES string of the molecule is C=CC[C@@H](O)[C@H]1O[C@H]1COCc1ccccc1. The summed E-state index contributed by atoms with van der Waals surface area (Å²) in [4.78, 5) is 0. The van der Waals surface area contributed by atoms with E-state index in [1.54, 1.807) is 6.08 Å². The third kappa shape index (κ3) is 3.66. The van der Waals surface area contributed by atoms with E-state index in [1.165, 1.54) is 0 Å². The quantitative estimate of drug-likeness (QED) is 0.579. The van der Waals surface area contributed by atoms with Crippen molar-refractivity contribution in [3.63, 3.8) is 0 Å². The van der Waals surface area contributed by atoms with E-state index in [1.807, 2.05) is 30.3 Å².